The van der Waals surface area contributed by atoms with Crippen LogP contribution in [0.5, 0.6) is 0 Å². The van der Waals surface area contributed by atoms with Crippen LogP contribution >= 0.6 is 0 Å². The Bertz CT molecular complexity index is 1150. The van der Waals surface area contributed by atoms with Crippen molar-refractivity contribution in [2.24, 2.45) is 0 Å². The van der Waals surface area contributed by atoms with Crippen molar-refractivity contribution in [3.63, 3.8) is 0 Å². The summed E-state index contributed by atoms with van der Waals surface area (Å²) in [6.07, 6.45) is 0. The summed E-state index contributed by atoms with van der Waals surface area (Å²) in [6.45, 7) is 0. The molecule has 0 radical (unpaired) electrons. The molecule has 0 N–H and O–H groups in total. The molecule has 16 nitrogen and oxygen atoms in total. The number of rotatable bonds is 8. The van der Waals surface area contributed by atoms with E-state index < -0.39 is 184 Å². The Labute approximate surface area is 340 Å². The first-order valence-electron chi connectivity index (χ1n) is 11.8. The molecular formula is C24H24O16Te8. The van der Waals surface area contributed by atoms with Gasteiger partial charge in [-0.05, 0) is 0 Å². The van der Waals surface area contributed by atoms with Crippen molar-refractivity contribution in [3.8, 4) is 0 Å². The van der Waals surface area contributed by atoms with Gasteiger partial charge in [0.25, 0.3) is 0 Å². The summed E-state index contributed by atoms with van der Waals surface area (Å²) in [5, 5.41) is 0. The normalized spacial score (nSPS) is 21.2. The number of hydrogen-bond acceptors (Lipinski definition) is 16. The average molecular weight is 1590 g/mol. The summed E-state index contributed by atoms with van der Waals surface area (Å²) in [5.41, 5.74) is 0. The van der Waals surface area contributed by atoms with Crippen LogP contribution in [0.15, 0.2) is 29.0 Å². The van der Waals surface area contributed by atoms with Crippen LogP contribution in [0.1, 0.15) is 0 Å². The quantitative estimate of drug-likeness (QED) is 0.128. The van der Waals surface area contributed by atoms with Gasteiger partial charge in [0.05, 0.1) is 0 Å². The zero-order valence-electron chi connectivity index (χ0n) is 25.8. The van der Waals surface area contributed by atoms with Crippen molar-refractivity contribution in [2.75, 3.05) is 56.9 Å². The van der Waals surface area contributed by atoms with Crippen LogP contribution in [0.4, 0.5) is 0 Å². The molecule has 0 amide bonds. The Hall–Kier alpha value is 1.04. The molecule has 0 aromatic heterocycles. The maximum absolute atomic E-state index is 13.1. The number of carbonyl (C=O) groups is 8. The average Bonchev–Trinajstić information content (AvgIpc) is 3.11. The van der Waals surface area contributed by atoms with Crippen molar-refractivity contribution >= 4 is 184 Å². The van der Waals surface area contributed by atoms with E-state index in [0.29, 0.717) is 0 Å². The van der Waals surface area contributed by atoms with E-state index in [1.54, 1.807) is 0 Å². The van der Waals surface area contributed by atoms with E-state index in [2.05, 4.69) is 0 Å². The van der Waals surface area contributed by atoms with E-state index in [1.807, 2.05) is 0 Å². The van der Waals surface area contributed by atoms with Crippen LogP contribution in [0, 0.1) is 0 Å². The first-order chi connectivity index (χ1) is 22.8. The van der Waals surface area contributed by atoms with Gasteiger partial charge in [-0.25, -0.2) is 0 Å². The molecule has 0 atom stereocenters. The molecule has 24 heteroatoms. The second-order valence-electron chi connectivity index (χ2n) is 7.23. The molecule has 0 bridgehead atoms. The molecule has 0 unspecified atom stereocenters. The van der Waals surface area contributed by atoms with Gasteiger partial charge in [0, 0.05) is 0 Å². The van der Waals surface area contributed by atoms with Crippen molar-refractivity contribution in [1.29, 1.82) is 0 Å². The number of hydrogen-bond donors (Lipinski definition) is 0. The molecule has 264 valence electrons. The van der Waals surface area contributed by atoms with Gasteiger partial charge in [0.15, 0.2) is 0 Å². The zero-order chi connectivity index (χ0) is 36.6. The second-order valence-corrected chi connectivity index (χ2v) is 45.9. The molecule has 0 spiro atoms. The Kier molecular flexibility index (Phi) is 24.6. The van der Waals surface area contributed by atoms with E-state index in [4.69, 9.17) is 37.9 Å². The number of methoxy groups -OCH3 is 8. The fraction of sp³-hybridized carbons (Fsp3) is 0.333. The molecule has 1 rings (SSSR count). The third kappa shape index (κ3) is 13.8. The van der Waals surface area contributed by atoms with Crippen LogP contribution in [-0.4, -0.2) is 241 Å². The van der Waals surface area contributed by atoms with Gasteiger partial charge in [-0.15, -0.1) is 0 Å². The van der Waals surface area contributed by atoms with Crippen LogP contribution in [0.3, 0.4) is 0 Å². The van der Waals surface area contributed by atoms with Gasteiger partial charge in [-0.3, -0.25) is 0 Å². The molecular weight excluding hydrogens is 1570 g/mol. The van der Waals surface area contributed by atoms with E-state index in [1.165, 1.54) is 0 Å². The summed E-state index contributed by atoms with van der Waals surface area (Å²) < 4.78 is 40.5. The molecule has 1 aliphatic rings. The summed E-state index contributed by atoms with van der Waals surface area (Å²) in [5.74, 6) is -6.51. The molecule has 0 fully saturated rings. The molecule has 0 aromatic rings. The number of esters is 8. The van der Waals surface area contributed by atoms with Gasteiger partial charge in [0.1, 0.15) is 0 Å². The molecule has 1 aliphatic heterocycles. The summed E-state index contributed by atoms with van der Waals surface area (Å²) >= 11 is -13.8. The van der Waals surface area contributed by atoms with Gasteiger partial charge in [0.2, 0.25) is 0 Å². The Morgan fingerprint density at radius 2 is 0.333 bits per heavy atom. The minimum absolute atomic E-state index is 0.0524. The second kappa shape index (κ2) is 25.1. The molecule has 48 heavy (non-hydrogen) atoms. The predicted octanol–water partition coefficient (Wildman–Crippen LogP) is -4.48. The summed E-state index contributed by atoms with van der Waals surface area (Å²) in [6, 6.07) is 0. The Morgan fingerprint density at radius 3 is 0.396 bits per heavy atom. The van der Waals surface area contributed by atoms with Gasteiger partial charge < -0.3 is 0 Å². The van der Waals surface area contributed by atoms with Gasteiger partial charge in [-0.1, -0.05) is 0 Å². The van der Waals surface area contributed by atoms with Gasteiger partial charge in [-0.2, -0.15) is 0 Å². The monoisotopic (exact) mass is 1610 g/mol. The zero-order valence-corrected chi connectivity index (χ0v) is 44.4. The minimum atomic E-state index is -1.72. The van der Waals surface area contributed by atoms with Crippen molar-refractivity contribution < 1.29 is 76.3 Å². The molecule has 0 aliphatic carbocycles. The number of carbonyl (C=O) groups excluding carboxylic acids is 8. The third-order valence-electron chi connectivity index (χ3n) is 4.62. The topological polar surface area (TPSA) is 210 Å². The van der Waals surface area contributed by atoms with E-state index in [0.717, 1.165) is 56.9 Å². The summed E-state index contributed by atoms with van der Waals surface area (Å²) in [7, 11) is 9.06. The van der Waals surface area contributed by atoms with Crippen molar-refractivity contribution in [1.82, 2.24) is 0 Å². The third-order valence-corrected chi connectivity index (χ3v) is 54.8. The van der Waals surface area contributed by atoms with E-state index in [-0.39, 0.29) is 29.0 Å². The van der Waals surface area contributed by atoms with Crippen molar-refractivity contribution in [3.05, 3.63) is 29.0 Å². The number of ether oxygens (including phenoxy) is 8. The summed E-state index contributed by atoms with van der Waals surface area (Å²) in [4.78, 5) is 105. The molecule has 0 saturated carbocycles. The van der Waals surface area contributed by atoms with Crippen LogP contribution in [0.2, 0.25) is 0 Å². The van der Waals surface area contributed by atoms with E-state index in [9.17, 15) is 38.4 Å². The van der Waals surface area contributed by atoms with Crippen LogP contribution in [0.25, 0.3) is 0 Å². The van der Waals surface area contributed by atoms with Crippen LogP contribution < -0.4 is 0 Å². The van der Waals surface area contributed by atoms with Gasteiger partial charge >= 0.3 is 346 Å². The molecule has 0 saturated heterocycles. The molecule has 1 heterocycles. The van der Waals surface area contributed by atoms with Crippen molar-refractivity contribution in [2.45, 2.75) is 0 Å². The predicted molar refractivity (Wildman–Crippen MR) is 170 cm³/mol. The standard InChI is InChI=1S/C24H24O16Te8/c1-33-17(25)9-10(18(26)34-2)42-44-13(21(29)37-5)14(22(30)38-6)46-48-16(24(32)40-8)15(23(31)39-7)47-45-12(20(28)36-4)11(43-41-9)19(27)35-3/h1-8H3/b10-9-,12-11+,14-13+,16-15+. The first kappa shape index (κ1) is 47.1. The van der Waals surface area contributed by atoms with E-state index >= 15 is 0 Å². The maximum atomic E-state index is 13.1. The molecule has 0 aromatic carbocycles. The SMILES string of the molecule is COC(=O)/C1=C(\C(=O)OC)[Te][Te]/C(C(=O)OC)=C(\C(=O)OC)[Te][Te]/C(C(=O)OC)=C(\C(=O)OC)[Te][Te]/C(C(=O)OC)=C(\C(=O)OC)[Te][Te]1. The fourth-order valence-electron chi connectivity index (χ4n) is 2.39. The first-order valence-corrected chi connectivity index (χ1v) is 50.5. The Balaban J connectivity index is 4.39. The fourth-order valence-corrected chi connectivity index (χ4v) is 81.1. The van der Waals surface area contributed by atoms with Crippen LogP contribution in [-0.2, 0) is 76.3 Å². The Morgan fingerprint density at radius 1 is 0.250 bits per heavy atom.